The van der Waals surface area contributed by atoms with Gasteiger partial charge in [0.2, 0.25) is 0 Å². The molecule has 0 bridgehead atoms. The van der Waals surface area contributed by atoms with E-state index < -0.39 is 0 Å². The lowest BCUT2D eigenvalue weighted by molar-refractivity contribution is 0.0887. The molecule has 0 amide bonds. The van der Waals surface area contributed by atoms with Crippen molar-refractivity contribution in [2.45, 2.75) is 37.2 Å². The Bertz CT molecular complexity index is 753. The van der Waals surface area contributed by atoms with Crippen molar-refractivity contribution in [2.75, 3.05) is 50.4 Å². The van der Waals surface area contributed by atoms with E-state index in [2.05, 4.69) is 76.4 Å². The largest absolute Gasteiger partial charge is 0.369 e. The Labute approximate surface area is 174 Å². The Hall–Kier alpha value is -1.49. The van der Waals surface area contributed by atoms with Crippen LogP contribution in [-0.4, -0.2) is 61.4 Å². The van der Waals surface area contributed by atoms with Gasteiger partial charge in [0.25, 0.3) is 0 Å². The van der Waals surface area contributed by atoms with E-state index in [9.17, 15) is 0 Å². The van der Waals surface area contributed by atoms with Crippen LogP contribution in [0.3, 0.4) is 0 Å². The Balaban J connectivity index is 1.31. The van der Waals surface area contributed by atoms with Gasteiger partial charge in [-0.15, -0.1) is 11.8 Å². The molecular weight excluding hydrogens is 362 g/mol. The van der Waals surface area contributed by atoms with E-state index in [1.54, 1.807) is 0 Å². The van der Waals surface area contributed by atoms with Gasteiger partial charge in [0.05, 0.1) is 0 Å². The van der Waals surface area contributed by atoms with Crippen molar-refractivity contribution in [3.05, 3.63) is 59.7 Å². The summed E-state index contributed by atoms with van der Waals surface area (Å²) in [5.41, 5.74) is 4.26. The average molecular weight is 396 g/mol. The quantitative estimate of drug-likeness (QED) is 0.689. The molecule has 4 heteroatoms. The first kappa shape index (κ1) is 19.8. The first-order chi connectivity index (χ1) is 13.7. The SMILES string of the molecule is CSc1ccc(CN2CCC[C@H](N3CCN(c4ccccc4C)CC3)C2)cc1. The molecule has 150 valence electrons. The summed E-state index contributed by atoms with van der Waals surface area (Å²) in [6, 6.07) is 18.6. The summed E-state index contributed by atoms with van der Waals surface area (Å²) >= 11 is 1.82. The second kappa shape index (κ2) is 9.34. The van der Waals surface area contributed by atoms with Crippen LogP contribution in [0.5, 0.6) is 0 Å². The molecule has 2 aromatic carbocycles. The third kappa shape index (κ3) is 4.73. The Morgan fingerprint density at radius 2 is 1.68 bits per heavy atom. The highest BCUT2D eigenvalue weighted by Gasteiger charge is 2.28. The van der Waals surface area contributed by atoms with Crippen molar-refractivity contribution >= 4 is 17.4 Å². The number of anilines is 1. The maximum Gasteiger partial charge on any atom is 0.0396 e. The molecule has 2 heterocycles. The van der Waals surface area contributed by atoms with Gasteiger partial charge < -0.3 is 4.90 Å². The highest BCUT2D eigenvalue weighted by atomic mass is 32.2. The van der Waals surface area contributed by atoms with Crippen molar-refractivity contribution in [1.29, 1.82) is 0 Å². The second-order valence-electron chi connectivity index (χ2n) is 8.19. The minimum Gasteiger partial charge on any atom is -0.369 e. The summed E-state index contributed by atoms with van der Waals surface area (Å²) in [6.07, 6.45) is 4.82. The Morgan fingerprint density at radius 3 is 2.39 bits per heavy atom. The summed E-state index contributed by atoms with van der Waals surface area (Å²) in [4.78, 5) is 9.33. The van der Waals surface area contributed by atoms with E-state index >= 15 is 0 Å². The number of piperidine rings is 1. The highest BCUT2D eigenvalue weighted by Crippen LogP contribution is 2.24. The number of benzene rings is 2. The number of thioether (sulfide) groups is 1. The van der Waals surface area contributed by atoms with E-state index in [1.807, 2.05) is 11.8 Å². The Kier molecular flexibility index (Phi) is 6.61. The number of hydrogen-bond acceptors (Lipinski definition) is 4. The van der Waals surface area contributed by atoms with Crippen LogP contribution in [-0.2, 0) is 6.54 Å². The van der Waals surface area contributed by atoms with Gasteiger partial charge >= 0.3 is 0 Å². The monoisotopic (exact) mass is 395 g/mol. The van der Waals surface area contributed by atoms with Gasteiger partial charge in [-0.25, -0.2) is 0 Å². The summed E-state index contributed by atoms with van der Waals surface area (Å²) in [5, 5.41) is 0. The molecule has 28 heavy (non-hydrogen) atoms. The Morgan fingerprint density at radius 1 is 0.929 bits per heavy atom. The molecule has 0 saturated carbocycles. The van der Waals surface area contributed by atoms with Crippen molar-refractivity contribution < 1.29 is 0 Å². The molecule has 0 aliphatic carbocycles. The summed E-state index contributed by atoms with van der Waals surface area (Å²) in [6.45, 7) is 10.5. The standard InChI is InChI=1S/C24H33N3S/c1-20-6-3-4-8-24(20)27-16-14-26(15-17-27)22-7-5-13-25(19-22)18-21-9-11-23(28-2)12-10-21/h3-4,6,8-12,22H,5,7,13-19H2,1-2H3/t22-/m0/s1. The topological polar surface area (TPSA) is 9.72 Å². The molecule has 2 aromatic rings. The van der Waals surface area contributed by atoms with Gasteiger partial charge in [0.15, 0.2) is 0 Å². The summed E-state index contributed by atoms with van der Waals surface area (Å²) < 4.78 is 0. The zero-order valence-electron chi connectivity index (χ0n) is 17.3. The first-order valence-electron chi connectivity index (χ1n) is 10.6. The lowest BCUT2D eigenvalue weighted by Gasteiger charge is -2.44. The van der Waals surface area contributed by atoms with Gasteiger partial charge in [-0.05, 0) is 61.9 Å². The lowest BCUT2D eigenvalue weighted by Crippen LogP contribution is -2.55. The van der Waals surface area contributed by atoms with E-state index in [4.69, 9.17) is 0 Å². The van der Waals surface area contributed by atoms with Gasteiger partial charge in [0.1, 0.15) is 0 Å². The number of rotatable bonds is 5. The van der Waals surface area contributed by atoms with Crippen molar-refractivity contribution in [3.63, 3.8) is 0 Å². The fourth-order valence-electron chi connectivity index (χ4n) is 4.71. The average Bonchev–Trinajstić information content (AvgIpc) is 2.75. The molecule has 0 aromatic heterocycles. The molecule has 4 rings (SSSR count). The zero-order valence-corrected chi connectivity index (χ0v) is 18.1. The van der Waals surface area contributed by atoms with Gasteiger partial charge in [0, 0.05) is 55.9 Å². The van der Waals surface area contributed by atoms with Crippen molar-refractivity contribution in [3.8, 4) is 0 Å². The number of nitrogens with zero attached hydrogens (tertiary/aromatic N) is 3. The van der Waals surface area contributed by atoms with E-state index in [1.165, 1.54) is 60.7 Å². The summed E-state index contributed by atoms with van der Waals surface area (Å²) in [5.74, 6) is 0. The van der Waals surface area contributed by atoms with Crippen LogP contribution in [0.1, 0.15) is 24.0 Å². The van der Waals surface area contributed by atoms with E-state index in [0.717, 1.165) is 25.7 Å². The highest BCUT2D eigenvalue weighted by molar-refractivity contribution is 7.98. The fraction of sp³-hybridized carbons (Fsp3) is 0.500. The predicted molar refractivity (Wildman–Crippen MR) is 121 cm³/mol. The van der Waals surface area contributed by atoms with Crippen LogP contribution in [0.25, 0.3) is 0 Å². The fourth-order valence-corrected chi connectivity index (χ4v) is 5.12. The van der Waals surface area contributed by atoms with Crippen molar-refractivity contribution in [1.82, 2.24) is 9.80 Å². The number of piperazine rings is 1. The molecule has 1 atom stereocenters. The molecule has 0 spiro atoms. The normalized spacial score (nSPS) is 21.8. The van der Waals surface area contributed by atoms with Crippen LogP contribution < -0.4 is 4.90 Å². The lowest BCUT2D eigenvalue weighted by atomic mass is 10.0. The maximum absolute atomic E-state index is 2.75. The molecule has 2 saturated heterocycles. The predicted octanol–water partition coefficient (Wildman–Crippen LogP) is 4.50. The minimum absolute atomic E-state index is 0.721. The molecule has 3 nitrogen and oxygen atoms in total. The van der Waals surface area contributed by atoms with Gasteiger partial charge in [-0.2, -0.15) is 0 Å². The first-order valence-corrected chi connectivity index (χ1v) is 11.9. The third-order valence-corrected chi connectivity index (χ3v) is 7.08. The van der Waals surface area contributed by atoms with Crippen molar-refractivity contribution in [2.24, 2.45) is 0 Å². The zero-order chi connectivity index (χ0) is 19.3. The van der Waals surface area contributed by atoms with Crippen LogP contribution in [0.15, 0.2) is 53.4 Å². The number of para-hydroxylation sites is 1. The smallest absolute Gasteiger partial charge is 0.0396 e. The number of aryl methyl sites for hydroxylation is 1. The molecule has 2 fully saturated rings. The number of hydrogen-bond donors (Lipinski definition) is 0. The van der Waals surface area contributed by atoms with Crippen LogP contribution in [0.4, 0.5) is 5.69 Å². The maximum atomic E-state index is 2.75. The number of likely N-dealkylation sites (tertiary alicyclic amines) is 1. The van der Waals surface area contributed by atoms with Crippen LogP contribution in [0, 0.1) is 6.92 Å². The van der Waals surface area contributed by atoms with Gasteiger partial charge in [-0.3, -0.25) is 9.80 Å². The molecule has 0 N–H and O–H groups in total. The molecule has 0 unspecified atom stereocenters. The van der Waals surface area contributed by atoms with Crippen LogP contribution >= 0.6 is 11.8 Å². The van der Waals surface area contributed by atoms with Gasteiger partial charge in [-0.1, -0.05) is 30.3 Å². The summed E-state index contributed by atoms with van der Waals surface area (Å²) in [7, 11) is 0. The third-order valence-electron chi connectivity index (χ3n) is 6.33. The minimum atomic E-state index is 0.721. The molecule has 2 aliphatic rings. The molecular formula is C24H33N3S. The second-order valence-corrected chi connectivity index (χ2v) is 9.07. The molecule has 0 radical (unpaired) electrons. The molecule has 2 aliphatic heterocycles. The van der Waals surface area contributed by atoms with E-state index in [0.29, 0.717) is 0 Å². The van der Waals surface area contributed by atoms with Crippen LogP contribution in [0.2, 0.25) is 0 Å². The van der Waals surface area contributed by atoms with E-state index in [-0.39, 0.29) is 0 Å².